The number of piperidine rings is 1. The van der Waals surface area contributed by atoms with E-state index in [-0.39, 0.29) is 12.1 Å². The molecule has 4 heterocycles. The number of nitriles is 1. The van der Waals surface area contributed by atoms with E-state index in [9.17, 15) is 0 Å². The van der Waals surface area contributed by atoms with Crippen LogP contribution in [0, 0.1) is 24.1 Å². The number of benzene rings is 2. The SMILES string of the molecule is COc1cc(Oc2ncccn2)ccc1-c1cc2c(cc1F)ncc1nc(C)n(C3CCN(CC#N)CC3)c12. The number of rotatable bonds is 6. The first kappa shape index (κ1) is 24.7. The lowest BCUT2D eigenvalue weighted by molar-refractivity contribution is 0.206. The summed E-state index contributed by atoms with van der Waals surface area (Å²) < 4.78 is 29.2. The number of nitrogens with zero attached hydrogens (tertiary/aromatic N) is 7. The van der Waals surface area contributed by atoms with Gasteiger partial charge >= 0.3 is 6.01 Å². The van der Waals surface area contributed by atoms with Crippen LogP contribution in [-0.4, -0.2) is 56.1 Å². The number of imidazole rings is 1. The van der Waals surface area contributed by atoms with Gasteiger partial charge in [-0.15, -0.1) is 0 Å². The molecule has 1 aliphatic heterocycles. The van der Waals surface area contributed by atoms with Gasteiger partial charge in [-0.05, 0) is 44.0 Å². The van der Waals surface area contributed by atoms with Crippen molar-refractivity contribution in [1.82, 2.24) is 29.4 Å². The fourth-order valence-corrected chi connectivity index (χ4v) is 5.40. The monoisotopic (exact) mass is 523 g/mol. The molecule has 0 saturated carbocycles. The van der Waals surface area contributed by atoms with Gasteiger partial charge in [0.05, 0.1) is 37.0 Å². The van der Waals surface area contributed by atoms with Gasteiger partial charge in [-0.3, -0.25) is 9.88 Å². The largest absolute Gasteiger partial charge is 0.496 e. The average molecular weight is 524 g/mol. The van der Waals surface area contributed by atoms with E-state index in [4.69, 9.17) is 19.7 Å². The molecule has 6 rings (SSSR count). The van der Waals surface area contributed by atoms with Crippen LogP contribution < -0.4 is 9.47 Å². The zero-order valence-corrected chi connectivity index (χ0v) is 21.6. The summed E-state index contributed by atoms with van der Waals surface area (Å²) in [6.45, 7) is 4.13. The molecule has 0 unspecified atom stereocenters. The fourth-order valence-electron chi connectivity index (χ4n) is 5.40. The topological polar surface area (TPSA) is 102 Å². The number of ether oxygens (including phenoxy) is 2. The molecule has 1 fully saturated rings. The molecule has 39 heavy (non-hydrogen) atoms. The molecule has 5 aromatic rings. The fraction of sp³-hybridized carbons (Fsp3) is 0.276. The summed E-state index contributed by atoms with van der Waals surface area (Å²) in [6.07, 6.45) is 6.71. The number of aryl methyl sites for hydroxylation is 1. The van der Waals surface area contributed by atoms with Crippen molar-refractivity contribution in [2.24, 2.45) is 0 Å². The van der Waals surface area contributed by atoms with Gasteiger partial charge in [-0.25, -0.2) is 19.3 Å². The van der Waals surface area contributed by atoms with Crippen molar-refractivity contribution >= 4 is 21.9 Å². The van der Waals surface area contributed by atoms with Crippen LogP contribution in [0.5, 0.6) is 17.5 Å². The van der Waals surface area contributed by atoms with Gasteiger partial charge in [0.25, 0.3) is 0 Å². The summed E-state index contributed by atoms with van der Waals surface area (Å²) in [6, 6.07) is 12.9. The van der Waals surface area contributed by atoms with Crippen LogP contribution in [0.2, 0.25) is 0 Å². The Kier molecular flexibility index (Phi) is 6.50. The number of methoxy groups -OCH3 is 1. The third-order valence-electron chi connectivity index (χ3n) is 7.21. The predicted molar refractivity (Wildman–Crippen MR) is 144 cm³/mol. The molecule has 3 aromatic heterocycles. The van der Waals surface area contributed by atoms with Gasteiger partial charge in [-0.2, -0.15) is 5.26 Å². The average Bonchev–Trinajstić information content (AvgIpc) is 3.30. The van der Waals surface area contributed by atoms with Gasteiger partial charge in [-0.1, -0.05) is 0 Å². The van der Waals surface area contributed by atoms with Crippen LogP contribution in [0.15, 0.2) is 55.0 Å². The summed E-state index contributed by atoms with van der Waals surface area (Å²) in [5, 5.41) is 9.89. The predicted octanol–water partition coefficient (Wildman–Crippen LogP) is 5.45. The number of hydrogen-bond acceptors (Lipinski definition) is 8. The van der Waals surface area contributed by atoms with Crippen molar-refractivity contribution in [3.05, 3.63) is 66.6 Å². The molecule has 2 aromatic carbocycles. The summed E-state index contributed by atoms with van der Waals surface area (Å²) in [5.41, 5.74) is 3.26. The Morgan fingerprint density at radius 3 is 2.59 bits per heavy atom. The zero-order valence-electron chi connectivity index (χ0n) is 21.6. The van der Waals surface area contributed by atoms with Crippen LogP contribution in [0.3, 0.4) is 0 Å². The molecule has 0 aliphatic carbocycles. The Morgan fingerprint density at radius 2 is 1.85 bits per heavy atom. The molecular formula is C29H26FN7O2. The lowest BCUT2D eigenvalue weighted by atomic mass is 10.00. The standard InChI is InChI=1S/C29H26FN7O2/c1-18-35-26-17-34-25-16-24(30)22(15-23(25)28(26)37(18)19-6-11-36(12-7-19)13-8-31)21-5-4-20(14-27(21)38-2)39-29-32-9-3-10-33-29/h3-5,9-10,14-17,19H,6-7,11-13H2,1-2H3. The first-order valence-electron chi connectivity index (χ1n) is 12.7. The highest BCUT2D eigenvalue weighted by molar-refractivity contribution is 6.04. The van der Waals surface area contributed by atoms with Crippen molar-refractivity contribution in [3.8, 4) is 34.7 Å². The van der Waals surface area contributed by atoms with Crippen LogP contribution >= 0.6 is 0 Å². The maximum absolute atomic E-state index is 15.5. The number of hydrogen-bond donors (Lipinski definition) is 0. The lowest BCUT2D eigenvalue weighted by Gasteiger charge is -2.32. The second-order valence-corrected chi connectivity index (χ2v) is 9.53. The molecule has 0 atom stereocenters. The van der Waals surface area contributed by atoms with E-state index in [0.29, 0.717) is 34.7 Å². The van der Waals surface area contributed by atoms with Gasteiger partial charge in [0.15, 0.2) is 0 Å². The molecular weight excluding hydrogens is 497 g/mol. The third kappa shape index (κ3) is 4.62. The van der Waals surface area contributed by atoms with Crippen molar-refractivity contribution in [1.29, 1.82) is 5.26 Å². The first-order chi connectivity index (χ1) is 19.1. The lowest BCUT2D eigenvalue weighted by Crippen LogP contribution is -2.35. The highest BCUT2D eigenvalue weighted by atomic mass is 19.1. The van der Waals surface area contributed by atoms with E-state index in [0.717, 1.165) is 48.2 Å². The molecule has 0 amide bonds. The maximum atomic E-state index is 15.5. The van der Waals surface area contributed by atoms with Crippen LogP contribution in [0.4, 0.5) is 4.39 Å². The quantitative estimate of drug-likeness (QED) is 0.271. The minimum absolute atomic E-state index is 0.208. The highest BCUT2D eigenvalue weighted by Gasteiger charge is 2.25. The van der Waals surface area contributed by atoms with E-state index < -0.39 is 5.82 Å². The Bertz CT molecular complexity index is 1710. The van der Waals surface area contributed by atoms with Crippen LogP contribution in [0.25, 0.3) is 33.1 Å². The summed E-state index contributed by atoms with van der Waals surface area (Å²) in [5.74, 6) is 1.42. The molecule has 1 aliphatic rings. The third-order valence-corrected chi connectivity index (χ3v) is 7.21. The van der Waals surface area contributed by atoms with Gasteiger partial charge < -0.3 is 14.0 Å². The van der Waals surface area contributed by atoms with E-state index in [1.54, 1.807) is 42.9 Å². The van der Waals surface area contributed by atoms with Crippen LogP contribution in [0.1, 0.15) is 24.7 Å². The van der Waals surface area contributed by atoms with Crippen molar-refractivity contribution < 1.29 is 13.9 Å². The minimum Gasteiger partial charge on any atom is -0.496 e. The summed E-state index contributed by atoms with van der Waals surface area (Å²) >= 11 is 0. The zero-order chi connectivity index (χ0) is 26.9. The second-order valence-electron chi connectivity index (χ2n) is 9.53. The van der Waals surface area contributed by atoms with Crippen molar-refractivity contribution in [2.75, 3.05) is 26.7 Å². The Morgan fingerprint density at radius 1 is 1.05 bits per heavy atom. The number of pyridine rings is 1. The van der Waals surface area contributed by atoms with Gasteiger partial charge in [0.2, 0.25) is 0 Å². The number of likely N-dealkylation sites (tertiary alicyclic amines) is 1. The number of aromatic nitrogens is 5. The van der Waals surface area contributed by atoms with Crippen LogP contribution in [-0.2, 0) is 0 Å². The first-order valence-corrected chi connectivity index (χ1v) is 12.7. The highest BCUT2D eigenvalue weighted by Crippen LogP contribution is 2.39. The van der Waals surface area contributed by atoms with Crippen molar-refractivity contribution in [3.63, 3.8) is 0 Å². The summed E-state index contributed by atoms with van der Waals surface area (Å²) in [7, 11) is 1.54. The normalized spacial score (nSPS) is 14.5. The maximum Gasteiger partial charge on any atom is 0.321 e. The molecule has 196 valence electrons. The Balaban J connectivity index is 1.44. The van der Waals surface area contributed by atoms with E-state index >= 15 is 4.39 Å². The number of fused-ring (bicyclic) bond motifs is 3. The van der Waals surface area contributed by atoms with Gasteiger partial charge in [0, 0.05) is 60.2 Å². The molecule has 0 radical (unpaired) electrons. The second kappa shape index (κ2) is 10.3. The molecule has 9 nitrogen and oxygen atoms in total. The molecule has 0 N–H and O–H groups in total. The summed E-state index contributed by atoms with van der Waals surface area (Å²) in [4.78, 5) is 19.6. The van der Waals surface area contributed by atoms with E-state index in [1.807, 2.05) is 13.0 Å². The molecule has 0 bridgehead atoms. The minimum atomic E-state index is -0.402. The van der Waals surface area contributed by atoms with E-state index in [2.05, 4.69) is 30.5 Å². The molecule has 1 saturated heterocycles. The van der Waals surface area contributed by atoms with Crippen molar-refractivity contribution in [2.45, 2.75) is 25.8 Å². The smallest absolute Gasteiger partial charge is 0.321 e. The number of halogens is 1. The molecule has 10 heteroatoms. The Hall–Kier alpha value is -4.62. The Labute approximate surface area is 224 Å². The van der Waals surface area contributed by atoms with Gasteiger partial charge in [0.1, 0.15) is 28.7 Å². The van der Waals surface area contributed by atoms with E-state index in [1.165, 1.54) is 13.2 Å². The molecule has 0 spiro atoms.